The largest absolute Gasteiger partial charge is 0.378 e. The first kappa shape index (κ1) is 16.3. The summed E-state index contributed by atoms with van der Waals surface area (Å²) >= 11 is 0. The predicted molar refractivity (Wildman–Crippen MR) is 87.8 cm³/mol. The van der Waals surface area contributed by atoms with Crippen molar-refractivity contribution in [3.63, 3.8) is 0 Å². The van der Waals surface area contributed by atoms with Crippen molar-refractivity contribution in [3.05, 3.63) is 0 Å². The molecule has 4 nitrogen and oxygen atoms in total. The summed E-state index contributed by atoms with van der Waals surface area (Å²) in [6.45, 7) is 3.15. The van der Waals surface area contributed by atoms with Crippen molar-refractivity contribution in [2.75, 3.05) is 33.8 Å². The van der Waals surface area contributed by atoms with Crippen molar-refractivity contribution in [1.82, 2.24) is 9.80 Å². The van der Waals surface area contributed by atoms with Gasteiger partial charge in [-0.1, -0.05) is 6.42 Å². The minimum atomic E-state index is -0.127. The topological polar surface area (TPSA) is 32.8 Å². The lowest BCUT2D eigenvalue weighted by Gasteiger charge is -2.44. The molecule has 1 unspecified atom stereocenters. The Morgan fingerprint density at radius 2 is 1.82 bits per heavy atom. The third-order valence-electron chi connectivity index (χ3n) is 6.43. The summed E-state index contributed by atoms with van der Waals surface area (Å²) < 4.78 is 5.61. The monoisotopic (exact) mass is 308 g/mol. The molecule has 1 amide bonds. The van der Waals surface area contributed by atoms with Crippen LogP contribution in [-0.2, 0) is 9.53 Å². The summed E-state index contributed by atoms with van der Waals surface area (Å²) in [6.07, 6.45) is 10.4. The first-order valence-corrected chi connectivity index (χ1v) is 9.17. The Kier molecular flexibility index (Phi) is 5.08. The minimum absolute atomic E-state index is 0.127. The highest BCUT2D eigenvalue weighted by atomic mass is 16.5. The van der Waals surface area contributed by atoms with Gasteiger partial charge in [0.25, 0.3) is 0 Å². The molecule has 1 atom stereocenters. The highest BCUT2D eigenvalue weighted by Crippen LogP contribution is 2.39. The SMILES string of the molecule is COC1(CC(=O)N2CCC(C3CCCCN3C)CC2)CCC1. The number of hydrogen-bond donors (Lipinski definition) is 0. The molecule has 1 saturated carbocycles. The Hall–Kier alpha value is -0.610. The second-order valence-corrected chi connectivity index (χ2v) is 7.68. The number of likely N-dealkylation sites (tertiary alicyclic amines) is 2. The number of amides is 1. The minimum Gasteiger partial charge on any atom is -0.378 e. The van der Waals surface area contributed by atoms with Crippen LogP contribution in [0.1, 0.15) is 57.8 Å². The van der Waals surface area contributed by atoms with Crippen molar-refractivity contribution in [2.45, 2.75) is 69.4 Å². The molecular formula is C18H32N2O2. The summed E-state index contributed by atoms with van der Waals surface area (Å²) in [6, 6.07) is 0.753. The smallest absolute Gasteiger partial charge is 0.225 e. The van der Waals surface area contributed by atoms with E-state index in [0.717, 1.165) is 37.9 Å². The third-order valence-corrected chi connectivity index (χ3v) is 6.43. The first-order valence-electron chi connectivity index (χ1n) is 9.17. The number of carbonyl (C=O) groups excluding carboxylic acids is 1. The van der Waals surface area contributed by atoms with E-state index in [9.17, 15) is 4.79 Å². The van der Waals surface area contributed by atoms with Crippen molar-refractivity contribution in [1.29, 1.82) is 0 Å². The van der Waals surface area contributed by atoms with Crippen LogP contribution in [0.25, 0.3) is 0 Å². The summed E-state index contributed by atoms with van der Waals surface area (Å²) in [4.78, 5) is 17.2. The fourth-order valence-electron chi connectivity index (χ4n) is 4.64. The van der Waals surface area contributed by atoms with E-state index in [1.54, 1.807) is 7.11 Å². The number of hydrogen-bond acceptors (Lipinski definition) is 3. The van der Waals surface area contributed by atoms with Gasteiger partial charge in [-0.15, -0.1) is 0 Å². The van der Waals surface area contributed by atoms with Gasteiger partial charge in [-0.25, -0.2) is 0 Å². The zero-order chi connectivity index (χ0) is 15.6. The highest BCUT2D eigenvalue weighted by Gasteiger charge is 2.41. The van der Waals surface area contributed by atoms with Crippen LogP contribution >= 0.6 is 0 Å². The van der Waals surface area contributed by atoms with Gasteiger partial charge in [-0.05, 0) is 64.5 Å². The Bertz CT molecular complexity index is 381. The number of nitrogens with zero attached hydrogens (tertiary/aromatic N) is 2. The van der Waals surface area contributed by atoms with Crippen LogP contribution < -0.4 is 0 Å². The van der Waals surface area contributed by atoms with E-state index in [2.05, 4.69) is 16.8 Å². The van der Waals surface area contributed by atoms with Crippen molar-refractivity contribution >= 4 is 5.91 Å². The first-order chi connectivity index (χ1) is 10.6. The number of rotatable bonds is 4. The molecule has 0 radical (unpaired) electrons. The van der Waals surface area contributed by atoms with Crippen LogP contribution in [0.15, 0.2) is 0 Å². The molecule has 3 rings (SSSR count). The molecule has 0 bridgehead atoms. The van der Waals surface area contributed by atoms with Crippen molar-refractivity contribution in [2.24, 2.45) is 5.92 Å². The van der Waals surface area contributed by atoms with E-state index in [0.29, 0.717) is 12.3 Å². The molecule has 3 fully saturated rings. The normalized spacial score (nSPS) is 30.1. The molecule has 0 aromatic heterocycles. The Labute approximate surface area is 135 Å². The molecule has 2 heterocycles. The van der Waals surface area contributed by atoms with Crippen LogP contribution in [-0.4, -0.2) is 61.1 Å². The molecule has 2 saturated heterocycles. The second-order valence-electron chi connectivity index (χ2n) is 7.68. The van der Waals surface area contributed by atoms with Gasteiger partial charge in [-0.2, -0.15) is 0 Å². The van der Waals surface area contributed by atoms with Gasteiger partial charge < -0.3 is 14.5 Å². The van der Waals surface area contributed by atoms with Crippen LogP contribution in [0.2, 0.25) is 0 Å². The van der Waals surface area contributed by atoms with Crippen LogP contribution in [0.4, 0.5) is 0 Å². The fourth-order valence-corrected chi connectivity index (χ4v) is 4.64. The number of carbonyl (C=O) groups is 1. The van der Waals surface area contributed by atoms with E-state index < -0.39 is 0 Å². The molecule has 2 aliphatic heterocycles. The summed E-state index contributed by atoms with van der Waals surface area (Å²) in [5, 5.41) is 0. The third kappa shape index (κ3) is 3.33. The van der Waals surface area contributed by atoms with Gasteiger partial charge in [0.2, 0.25) is 5.91 Å². The van der Waals surface area contributed by atoms with Gasteiger partial charge in [0.05, 0.1) is 12.0 Å². The molecule has 0 aromatic rings. The van der Waals surface area contributed by atoms with E-state index in [1.165, 1.54) is 45.1 Å². The highest BCUT2D eigenvalue weighted by molar-refractivity contribution is 5.77. The van der Waals surface area contributed by atoms with Crippen LogP contribution in [0.3, 0.4) is 0 Å². The number of piperidine rings is 2. The predicted octanol–water partition coefficient (Wildman–Crippen LogP) is 2.67. The van der Waals surface area contributed by atoms with Crippen LogP contribution in [0, 0.1) is 5.92 Å². The molecule has 3 aliphatic rings. The second kappa shape index (κ2) is 6.88. The molecule has 0 aromatic carbocycles. The molecule has 4 heteroatoms. The molecule has 0 spiro atoms. The molecule has 126 valence electrons. The Balaban J connectivity index is 1.47. The average Bonchev–Trinajstić information content (AvgIpc) is 2.51. The van der Waals surface area contributed by atoms with E-state index in [4.69, 9.17) is 4.74 Å². The standard InChI is InChI=1S/C18H32N2O2/c1-19-11-4-3-6-16(19)15-7-12-20(13-8-15)17(21)14-18(22-2)9-5-10-18/h15-16H,3-14H2,1-2H3. The van der Waals surface area contributed by atoms with Crippen molar-refractivity contribution < 1.29 is 9.53 Å². The van der Waals surface area contributed by atoms with Gasteiger partial charge >= 0.3 is 0 Å². The lowest BCUT2D eigenvalue weighted by molar-refractivity contribution is -0.145. The van der Waals surface area contributed by atoms with E-state index >= 15 is 0 Å². The quantitative estimate of drug-likeness (QED) is 0.800. The van der Waals surface area contributed by atoms with Gasteiger partial charge in [-0.3, -0.25) is 4.79 Å². The maximum Gasteiger partial charge on any atom is 0.225 e. The summed E-state index contributed by atoms with van der Waals surface area (Å²) in [5.41, 5.74) is -0.127. The Morgan fingerprint density at radius 3 is 2.36 bits per heavy atom. The molecule has 22 heavy (non-hydrogen) atoms. The zero-order valence-corrected chi connectivity index (χ0v) is 14.4. The molecule has 1 aliphatic carbocycles. The molecular weight excluding hydrogens is 276 g/mol. The Morgan fingerprint density at radius 1 is 1.09 bits per heavy atom. The maximum absolute atomic E-state index is 12.5. The van der Waals surface area contributed by atoms with E-state index in [1.807, 2.05) is 0 Å². The van der Waals surface area contributed by atoms with Crippen molar-refractivity contribution in [3.8, 4) is 0 Å². The fraction of sp³-hybridized carbons (Fsp3) is 0.944. The van der Waals surface area contributed by atoms with Crippen LogP contribution in [0.5, 0.6) is 0 Å². The lowest BCUT2D eigenvalue weighted by Crippen LogP contribution is -2.49. The lowest BCUT2D eigenvalue weighted by atomic mass is 9.77. The van der Waals surface area contributed by atoms with Gasteiger partial charge in [0.15, 0.2) is 0 Å². The summed E-state index contributed by atoms with van der Waals surface area (Å²) in [7, 11) is 4.04. The zero-order valence-electron chi connectivity index (χ0n) is 14.4. The summed E-state index contributed by atoms with van der Waals surface area (Å²) in [5.74, 6) is 1.10. The number of methoxy groups -OCH3 is 1. The maximum atomic E-state index is 12.5. The molecule has 0 N–H and O–H groups in total. The van der Waals surface area contributed by atoms with E-state index in [-0.39, 0.29) is 5.60 Å². The van der Waals surface area contributed by atoms with Gasteiger partial charge in [0.1, 0.15) is 0 Å². The average molecular weight is 308 g/mol. The van der Waals surface area contributed by atoms with Gasteiger partial charge in [0, 0.05) is 26.2 Å². The number of ether oxygens (including phenoxy) is 1.